The molecule has 162 valence electrons. The molecule has 2 amide bonds. The lowest BCUT2D eigenvalue weighted by Gasteiger charge is -2.09. The summed E-state index contributed by atoms with van der Waals surface area (Å²) in [5.41, 5.74) is 6.83. The van der Waals surface area contributed by atoms with Crippen molar-refractivity contribution in [3.63, 3.8) is 0 Å². The van der Waals surface area contributed by atoms with Crippen molar-refractivity contribution in [1.29, 1.82) is 0 Å². The lowest BCUT2D eigenvalue weighted by Crippen LogP contribution is -2.41. The van der Waals surface area contributed by atoms with Gasteiger partial charge in [-0.3, -0.25) is 20.4 Å². The van der Waals surface area contributed by atoms with Crippen molar-refractivity contribution < 1.29 is 14.3 Å². The Labute approximate surface area is 188 Å². The Hall–Kier alpha value is -3.98. The van der Waals surface area contributed by atoms with Gasteiger partial charge in [0.25, 0.3) is 11.8 Å². The molecular formula is C23H21N5O3S. The number of ether oxygens (including phenoxy) is 1. The molecule has 0 atom stereocenters. The molecule has 4 rings (SSSR count). The number of hydrogen-bond donors (Lipinski definition) is 2. The van der Waals surface area contributed by atoms with E-state index in [1.165, 1.54) is 11.3 Å². The van der Waals surface area contributed by atoms with Gasteiger partial charge < -0.3 is 9.30 Å². The summed E-state index contributed by atoms with van der Waals surface area (Å²) >= 11 is 1.28. The van der Waals surface area contributed by atoms with Crippen LogP contribution in [0, 0.1) is 6.92 Å². The van der Waals surface area contributed by atoms with Gasteiger partial charge in [-0.15, -0.1) is 11.3 Å². The van der Waals surface area contributed by atoms with Gasteiger partial charge in [0, 0.05) is 30.6 Å². The molecular weight excluding hydrogens is 426 g/mol. The smallest absolute Gasteiger partial charge is 0.281 e. The van der Waals surface area contributed by atoms with Gasteiger partial charge in [-0.1, -0.05) is 30.3 Å². The van der Waals surface area contributed by atoms with E-state index in [0.717, 1.165) is 16.4 Å². The zero-order valence-corrected chi connectivity index (χ0v) is 18.3. The molecule has 0 aliphatic rings. The lowest BCUT2D eigenvalue weighted by molar-refractivity contribution is 0.0848. The van der Waals surface area contributed by atoms with Crippen molar-refractivity contribution in [2.45, 2.75) is 13.5 Å². The maximum absolute atomic E-state index is 12.5. The van der Waals surface area contributed by atoms with E-state index in [-0.39, 0.29) is 0 Å². The molecule has 0 saturated heterocycles. The number of aromatic nitrogens is 3. The third-order valence-electron chi connectivity index (χ3n) is 4.72. The van der Waals surface area contributed by atoms with Crippen LogP contribution in [0.3, 0.4) is 0 Å². The van der Waals surface area contributed by atoms with Crippen molar-refractivity contribution in [1.82, 2.24) is 25.4 Å². The Morgan fingerprint density at radius 1 is 1.03 bits per heavy atom. The Morgan fingerprint density at radius 2 is 1.75 bits per heavy atom. The van der Waals surface area contributed by atoms with E-state index >= 15 is 0 Å². The van der Waals surface area contributed by atoms with Gasteiger partial charge in [0.2, 0.25) is 0 Å². The number of amides is 2. The third kappa shape index (κ3) is 4.84. The molecule has 0 fully saturated rings. The molecule has 0 radical (unpaired) electrons. The van der Waals surface area contributed by atoms with E-state index in [1.807, 2.05) is 48.1 Å². The van der Waals surface area contributed by atoms with Gasteiger partial charge in [0.05, 0.1) is 5.69 Å². The van der Waals surface area contributed by atoms with Crippen LogP contribution in [0.2, 0.25) is 0 Å². The molecule has 9 heteroatoms. The minimum Gasteiger partial charge on any atom is -0.486 e. The predicted octanol–water partition coefficient (Wildman–Crippen LogP) is 3.51. The second kappa shape index (κ2) is 9.44. The molecule has 0 unspecified atom stereocenters. The van der Waals surface area contributed by atoms with Crippen molar-refractivity contribution in [3.8, 4) is 16.3 Å². The fourth-order valence-electron chi connectivity index (χ4n) is 2.94. The van der Waals surface area contributed by atoms with Crippen LogP contribution in [0.4, 0.5) is 0 Å². The number of rotatable bonds is 6. The minimum atomic E-state index is -0.431. The third-order valence-corrected chi connectivity index (χ3v) is 5.92. The van der Waals surface area contributed by atoms with Crippen molar-refractivity contribution in [2.24, 2.45) is 7.05 Å². The number of aryl methyl sites for hydroxylation is 2. The highest BCUT2D eigenvalue weighted by atomic mass is 32.1. The lowest BCUT2D eigenvalue weighted by atomic mass is 10.2. The highest BCUT2D eigenvalue weighted by Crippen LogP contribution is 2.27. The molecule has 32 heavy (non-hydrogen) atoms. The number of nitrogens with one attached hydrogen (secondary N) is 2. The first-order valence-electron chi connectivity index (χ1n) is 9.84. The molecule has 0 spiro atoms. The summed E-state index contributed by atoms with van der Waals surface area (Å²) in [4.78, 5) is 34.0. The van der Waals surface area contributed by atoms with E-state index in [9.17, 15) is 9.59 Å². The van der Waals surface area contributed by atoms with Gasteiger partial charge in [0.15, 0.2) is 0 Å². The first kappa shape index (κ1) is 21.3. The van der Waals surface area contributed by atoms with E-state index in [1.54, 1.807) is 37.4 Å². The van der Waals surface area contributed by atoms with Crippen LogP contribution in [0.5, 0.6) is 5.75 Å². The average molecular weight is 448 g/mol. The van der Waals surface area contributed by atoms with Crippen LogP contribution in [-0.4, -0.2) is 26.3 Å². The first-order chi connectivity index (χ1) is 15.5. The second-order valence-corrected chi connectivity index (χ2v) is 7.97. The molecule has 2 aromatic carbocycles. The van der Waals surface area contributed by atoms with Gasteiger partial charge in [-0.2, -0.15) is 0 Å². The molecule has 0 bridgehead atoms. The number of imidazole rings is 1. The molecule has 4 aromatic rings. The summed E-state index contributed by atoms with van der Waals surface area (Å²) in [6.45, 7) is 2.09. The zero-order valence-electron chi connectivity index (χ0n) is 17.5. The van der Waals surface area contributed by atoms with E-state index in [4.69, 9.17) is 4.74 Å². The summed E-state index contributed by atoms with van der Waals surface area (Å²) in [5, 5.41) is 0.751. The first-order valence-corrected chi connectivity index (χ1v) is 10.7. The van der Waals surface area contributed by atoms with Crippen molar-refractivity contribution >= 4 is 23.2 Å². The SMILES string of the molecule is Cc1nc(-c2ccccc2)sc1C(=O)NNC(=O)c1ccc(OCc2nccn2C)cc1. The number of hydrazine groups is 1. The Kier molecular flexibility index (Phi) is 6.27. The van der Waals surface area contributed by atoms with E-state index in [2.05, 4.69) is 20.8 Å². The fraction of sp³-hybridized carbons (Fsp3) is 0.130. The minimum absolute atomic E-state index is 0.324. The molecule has 2 N–H and O–H groups in total. The number of carbonyl (C=O) groups is 2. The largest absolute Gasteiger partial charge is 0.486 e. The van der Waals surface area contributed by atoms with Crippen LogP contribution in [0.1, 0.15) is 31.5 Å². The standard InChI is InChI=1S/C23H21N5O3S/c1-15-20(32-23(25-15)17-6-4-3-5-7-17)22(30)27-26-21(29)16-8-10-18(11-9-16)31-14-19-24-12-13-28(19)2/h3-13H,14H2,1-2H3,(H,26,29)(H,27,30). The second-order valence-electron chi connectivity index (χ2n) is 6.98. The Balaban J connectivity index is 1.33. The van der Waals surface area contributed by atoms with Crippen LogP contribution in [-0.2, 0) is 13.7 Å². The Morgan fingerprint density at radius 3 is 2.44 bits per heavy atom. The summed E-state index contributed by atoms with van der Waals surface area (Å²) in [6, 6.07) is 16.3. The summed E-state index contributed by atoms with van der Waals surface area (Å²) < 4.78 is 7.56. The van der Waals surface area contributed by atoms with Crippen LogP contribution >= 0.6 is 11.3 Å². The number of nitrogens with zero attached hydrogens (tertiary/aromatic N) is 3. The topological polar surface area (TPSA) is 98.1 Å². The maximum Gasteiger partial charge on any atom is 0.281 e. The number of hydrogen-bond acceptors (Lipinski definition) is 6. The fourth-order valence-corrected chi connectivity index (χ4v) is 3.91. The van der Waals surface area contributed by atoms with E-state index < -0.39 is 11.8 Å². The van der Waals surface area contributed by atoms with Crippen LogP contribution in [0.25, 0.3) is 10.6 Å². The Bertz CT molecular complexity index is 1230. The number of thiazole rings is 1. The molecule has 8 nitrogen and oxygen atoms in total. The molecule has 0 aliphatic heterocycles. The summed E-state index contributed by atoms with van der Waals surface area (Å²) in [5.74, 6) is 0.565. The highest BCUT2D eigenvalue weighted by molar-refractivity contribution is 7.17. The van der Waals surface area contributed by atoms with Crippen molar-refractivity contribution in [3.05, 3.63) is 88.9 Å². The maximum atomic E-state index is 12.5. The molecule has 0 saturated carbocycles. The van der Waals surface area contributed by atoms with Crippen molar-refractivity contribution in [2.75, 3.05) is 0 Å². The monoisotopic (exact) mass is 447 g/mol. The summed E-state index contributed by atoms with van der Waals surface area (Å²) in [7, 11) is 1.89. The van der Waals surface area contributed by atoms with Crippen LogP contribution in [0.15, 0.2) is 67.0 Å². The quantitative estimate of drug-likeness (QED) is 0.441. The molecule has 2 heterocycles. The van der Waals surface area contributed by atoms with Gasteiger partial charge in [-0.05, 0) is 31.2 Å². The van der Waals surface area contributed by atoms with Crippen LogP contribution < -0.4 is 15.6 Å². The normalized spacial score (nSPS) is 10.6. The predicted molar refractivity (Wildman–Crippen MR) is 121 cm³/mol. The van der Waals surface area contributed by atoms with Gasteiger partial charge in [-0.25, -0.2) is 9.97 Å². The number of carbonyl (C=O) groups excluding carboxylic acids is 2. The van der Waals surface area contributed by atoms with E-state index in [0.29, 0.717) is 28.5 Å². The molecule has 0 aliphatic carbocycles. The van der Waals surface area contributed by atoms with Gasteiger partial charge >= 0.3 is 0 Å². The zero-order chi connectivity index (χ0) is 22.5. The highest BCUT2D eigenvalue weighted by Gasteiger charge is 2.17. The average Bonchev–Trinajstić information content (AvgIpc) is 3.42. The van der Waals surface area contributed by atoms with Gasteiger partial charge in [0.1, 0.15) is 28.1 Å². The number of benzene rings is 2. The summed E-state index contributed by atoms with van der Waals surface area (Å²) in [6.07, 6.45) is 3.55. The molecule has 2 aromatic heterocycles.